The van der Waals surface area contributed by atoms with Crippen LogP contribution in [0.25, 0.3) is 10.2 Å². The van der Waals surface area contributed by atoms with E-state index in [0.29, 0.717) is 23.8 Å². The number of thiophene rings is 1. The Labute approximate surface area is 178 Å². The molecule has 0 atom stereocenters. The second kappa shape index (κ2) is 8.07. The van der Waals surface area contributed by atoms with Gasteiger partial charge in [0.15, 0.2) is 0 Å². The first-order valence-electron chi connectivity index (χ1n) is 8.55. The van der Waals surface area contributed by atoms with Gasteiger partial charge in [-0.15, -0.1) is 11.3 Å². The fourth-order valence-electron chi connectivity index (χ4n) is 3.06. The summed E-state index contributed by atoms with van der Waals surface area (Å²) in [6, 6.07) is 17.6. The molecule has 0 fully saturated rings. The van der Waals surface area contributed by atoms with E-state index in [1.807, 2.05) is 41.0 Å². The van der Waals surface area contributed by atoms with E-state index in [0.717, 1.165) is 25.1 Å². The molecule has 3 nitrogen and oxygen atoms in total. The summed E-state index contributed by atoms with van der Waals surface area (Å²) in [5.41, 5.74) is 3.42. The molecule has 1 amide bonds. The van der Waals surface area contributed by atoms with Gasteiger partial charge < -0.3 is 9.88 Å². The molecule has 0 unspecified atom stereocenters. The van der Waals surface area contributed by atoms with Gasteiger partial charge >= 0.3 is 0 Å². The fourth-order valence-corrected chi connectivity index (χ4v) is 4.84. The van der Waals surface area contributed by atoms with Crippen LogP contribution >= 0.6 is 38.9 Å². The molecule has 0 bridgehead atoms. The zero-order valence-corrected chi connectivity index (χ0v) is 17.7. The minimum atomic E-state index is -0.295. The second-order valence-corrected chi connectivity index (χ2v) is 9.25. The summed E-state index contributed by atoms with van der Waals surface area (Å²) in [5.74, 6) is -0.470. The Morgan fingerprint density at radius 2 is 1.89 bits per heavy atom. The molecule has 0 aliphatic rings. The predicted octanol–water partition coefficient (Wildman–Crippen LogP) is 6.24. The standard InChI is InChI=1S/C21H15BrClFN2OS/c22-20-10-17-19(28-20)9-18(26(17)12-14-2-1-3-15(23)8-14)21(27)25-11-13-4-6-16(24)7-5-13/h1-10H,11-12H2,(H,25,27). The van der Waals surface area contributed by atoms with Crippen LogP contribution in [0.1, 0.15) is 21.6 Å². The minimum Gasteiger partial charge on any atom is -0.347 e. The predicted molar refractivity (Wildman–Crippen MR) is 116 cm³/mol. The Kier molecular flexibility index (Phi) is 5.53. The lowest BCUT2D eigenvalue weighted by Gasteiger charge is -2.11. The van der Waals surface area contributed by atoms with Crippen LogP contribution in [-0.2, 0) is 13.1 Å². The van der Waals surface area contributed by atoms with Crippen molar-refractivity contribution in [2.75, 3.05) is 0 Å². The van der Waals surface area contributed by atoms with Gasteiger partial charge in [0.05, 0.1) is 14.0 Å². The van der Waals surface area contributed by atoms with Gasteiger partial charge in [0.25, 0.3) is 5.91 Å². The Morgan fingerprint density at radius 1 is 1.11 bits per heavy atom. The smallest absolute Gasteiger partial charge is 0.268 e. The number of carbonyl (C=O) groups is 1. The van der Waals surface area contributed by atoms with Crippen molar-refractivity contribution in [2.24, 2.45) is 0 Å². The van der Waals surface area contributed by atoms with Crippen LogP contribution < -0.4 is 5.32 Å². The number of halogens is 3. The molecule has 0 radical (unpaired) electrons. The van der Waals surface area contributed by atoms with Gasteiger partial charge in [0, 0.05) is 18.1 Å². The van der Waals surface area contributed by atoms with Crippen molar-refractivity contribution in [3.8, 4) is 0 Å². The van der Waals surface area contributed by atoms with E-state index < -0.39 is 0 Å². The Morgan fingerprint density at radius 3 is 2.64 bits per heavy atom. The van der Waals surface area contributed by atoms with Gasteiger partial charge in [-0.25, -0.2) is 4.39 Å². The van der Waals surface area contributed by atoms with Gasteiger partial charge in [-0.1, -0.05) is 35.9 Å². The van der Waals surface area contributed by atoms with Crippen molar-refractivity contribution in [3.05, 3.63) is 92.1 Å². The minimum absolute atomic E-state index is 0.175. The maximum atomic E-state index is 13.1. The van der Waals surface area contributed by atoms with E-state index in [1.54, 1.807) is 23.5 Å². The summed E-state index contributed by atoms with van der Waals surface area (Å²) >= 11 is 11.2. The number of aromatic nitrogens is 1. The zero-order chi connectivity index (χ0) is 19.7. The van der Waals surface area contributed by atoms with Crippen molar-refractivity contribution in [3.63, 3.8) is 0 Å². The molecule has 28 heavy (non-hydrogen) atoms. The lowest BCUT2D eigenvalue weighted by Crippen LogP contribution is -2.25. The van der Waals surface area contributed by atoms with Crippen molar-refractivity contribution >= 4 is 55.0 Å². The lowest BCUT2D eigenvalue weighted by molar-refractivity contribution is 0.0942. The number of hydrogen-bond acceptors (Lipinski definition) is 2. The zero-order valence-electron chi connectivity index (χ0n) is 14.6. The van der Waals surface area contributed by atoms with Crippen LogP contribution in [0.3, 0.4) is 0 Å². The highest BCUT2D eigenvalue weighted by Gasteiger charge is 2.18. The van der Waals surface area contributed by atoms with Gasteiger partial charge in [-0.3, -0.25) is 4.79 Å². The first kappa shape index (κ1) is 19.2. The number of amides is 1. The Bertz CT molecular complexity index is 1150. The van der Waals surface area contributed by atoms with E-state index in [2.05, 4.69) is 21.2 Å². The van der Waals surface area contributed by atoms with Gasteiger partial charge in [-0.05, 0) is 63.5 Å². The van der Waals surface area contributed by atoms with E-state index in [9.17, 15) is 9.18 Å². The molecule has 0 saturated carbocycles. The number of rotatable bonds is 5. The summed E-state index contributed by atoms with van der Waals surface area (Å²) in [6.45, 7) is 0.866. The highest BCUT2D eigenvalue weighted by molar-refractivity contribution is 9.11. The maximum absolute atomic E-state index is 13.1. The average Bonchev–Trinajstić information content (AvgIpc) is 3.18. The molecule has 2 aromatic carbocycles. The molecule has 2 aromatic heterocycles. The summed E-state index contributed by atoms with van der Waals surface area (Å²) in [5, 5.41) is 3.58. The summed E-state index contributed by atoms with van der Waals surface area (Å²) in [6.07, 6.45) is 0. The topological polar surface area (TPSA) is 34.0 Å². The second-order valence-electron chi connectivity index (χ2n) is 6.35. The summed E-state index contributed by atoms with van der Waals surface area (Å²) in [4.78, 5) is 12.9. The molecule has 0 aliphatic heterocycles. The highest BCUT2D eigenvalue weighted by atomic mass is 79.9. The number of fused-ring (bicyclic) bond motifs is 1. The Balaban J connectivity index is 1.62. The number of nitrogens with zero attached hydrogens (tertiary/aromatic N) is 1. The third-order valence-electron chi connectivity index (χ3n) is 4.39. The average molecular weight is 478 g/mol. The SMILES string of the molecule is O=C(NCc1ccc(F)cc1)c1cc2sc(Br)cc2n1Cc1cccc(Cl)c1. The molecule has 4 aromatic rings. The van der Waals surface area contributed by atoms with E-state index in [-0.39, 0.29) is 11.7 Å². The monoisotopic (exact) mass is 476 g/mol. The number of hydrogen-bond donors (Lipinski definition) is 1. The van der Waals surface area contributed by atoms with E-state index in [4.69, 9.17) is 11.6 Å². The lowest BCUT2D eigenvalue weighted by atomic mass is 10.2. The van der Waals surface area contributed by atoms with Gasteiger partial charge in [-0.2, -0.15) is 0 Å². The van der Waals surface area contributed by atoms with Gasteiger partial charge in [0.2, 0.25) is 0 Å². The molecule has 0 saturated heterocycles. The van der Waals surface area contributed by atoms with Crippen molar-refractivity contribution in [1.29, 1.82) is 0 Å². The van der Waals surface area contributed by atoms with Crippen molar-refractivity contribution < 1.29 is 9.18 Å². The molecule has 2 heterocycles. The molecule has 0 aliphatic carbocycles. The van der Waals surface area contributed by atoms with Crippen LogP contribution in [0.2, 0.25) is 5.02 Å². The normalized spacial score (nSPS) is 11.1. The van der Waals surface area contributed by atoms with Crippen LogP contribution in [-0.4, -0.2) is 10.5 Å². The van der Waals surface area contributed by atoms with Crippen molar-refractivity contribution in [2.45, 2.75) is 13.1 Å². The van der Waals surface area contributed by atoms with Crippen LogP contribution in [0.5, 0.6) is 0 Å². The first-order chi connectivity index (χ1) is 13.5. The summed E-state index contributed by atoms with van der Waals surface area (Å²) in [7, 11) is 0. The summed E-state index contributed by atoms with van der Waals surface area (Å²) < 4.78 is 17.1. The molecule has 7 heteroatoms. The molecule has 0 spiro atoms. The number of nitrogens with one attached hydrogen (secondary N) is 1. The van der Waals surface area contributed by atoms with E-state index in [1.165, 1.54) is 12.1 Å². The largest absolute Gasteiger partial charge is 0.347 e. The maximum Gasteiger partial charge on any atom is 0.268 e. The first-order valence-corrected chi connectivity index (χ1v) is 10.5. The molecular formula is C21H15BrClFN2OS. The molecule has 142 valence electrons. The molecular weight excluding hydrogens is 463 g/mol. The molecule has 4 rings (SSSR count). The number of benzene rings is 2. The number of carbonyl (C=O) groups excluding carboxylic acids is 1. The van der Waals surface area contributed by atoms with E-state index >= 15 is 0 Å². The fraction of sp³-hybridized carbons (Fsp3) is 0.0952. The van der Waals surface area contributed by atoms with Crippen LogP contribution in [0.4, 0.5) is 4.39 Å². The third-order valence-corrected chi connectivity index (χ3v) is 6.20. The van der Waals surface area contributed by atoms with Gasteiger partial charge in [0.1, 0.15) is 11.5 Å². The third kappa shape index (κ3) is 4.14. The quantitative estimate of drug-likeness (QED) is 0.363. The van der Waals surface area contributed by atoms with Crippen molar-refractivity contribution in [1.82, 2.24) is 9.88 Å². The highest BCUT2D eigenvalue weighted by Crippen LogP contribution is 2.33. The van der Waals surface area contributed by atoms with Crippen LogP contribution in [0.15, 0.2) is 64.5 Å². The Hall–Kier alpha value is -2.15. The molecule has 1 N–H and O–H groups in total. The van der Waals surface area contributed by atoms with Crippen LogP contribution in [0, 0.1) is 5.82 Å².